The van der Waals surface area contributed by atoms with Crippen LogP contribution in [0.3, 0.4) is 0 Å². The van der Waals surface area contributed by atoms with Gasteiger partial charge in [0.15, 0.2) is 0 Å². The Morgan fingerprint density at radius 2 is 2.00 bits per heavy atom. The van der Waals surface area contributed by atoms with Crippen LogP contribution in [0, 0.1) is 32.1 Å². The third-order valence-corrected chi connectivity index (χ3v) is 4.51. The second-order valence-electron chi connectivity index (χ2n) is 5.88. The Balaban J connectivity index is 1.71. The highest BCUT2D eigenvalue weighted by Crippen LogP contribution is 2.23. The summed E-state index contributed by atoms with van der Waals surface area (Å²) < 4.78 is 11.5. The first kappa shape index (κ1) is 17.0. The molecule has 2 heterocycles. The summed E-state index contributed by atoms with van der Waals surface area (Å²) in [5.74, 6) is 2.14. The van der Waals surface area contributed by atoms with E-state index < -0.39 is 0 Å². The minimum Gasteiger partial charge on any atom is -0.486 e. The lowest BCUT2D eigenvalue weighted by molar-refractivity contribution is 0.269. The van der Waals surface area contributed by atoms with Gasteiger partial charge < -0.3 is 9.15 Å². The third kappa shape index (κ3) is 4.37. The predicted molar refractivity (Wildman–Crippen MR) is 99.3 cm³/mol. The fraction of sp³-hybridized carbons (Fsp3) is 0.200. The first-order valence-corrected chi connectivity index (χ1v) is 8.75. The maximum atomic E-state index is 9.34. The number of aromatic nitrogens is 1. The number of thiazole rings is 1. The molecule has 0 saturated carbocycles. The Bertz CT molecular complexity index is 940. The smallest absolute Gasteiger partial charge is 0.146 e. The zero-order chi connectivity index (χ0) is 17.8. The topological polar surface area (TPSA) is 59.0 Å². The largest absolute Gasteiger partial charge is 0.486 e. The predicted octanol–water partition coefficient (Wildman–Crippen LogP) is 5.30. The molecule has 0 aliphatic rings. The van der Waals surface area contributed by atoms with Crippen molar-refractivity contribution in [2.75, 3.05) is 0 Å². The number of hydrogen-bond acceptors (Lipinski definition) is 5. The van der Waals surface area contributed by atoms with E-state index in [1.807, 2.05) is 50.4 Å². The van der Waals surface area contributed by atoms with Gasteiger partial charge in [-0.15, -0.1) is 11.3 Å². The molecule has 3 aromatic rings. The van der Waals surface area contributed by atoms with E-state index in [2.05, 4.69) is 17.1 Å². The minimum atomic E-state index is 0.342. The SMILES string of the molecule is Cc1cc(C)cc(OCc2ccc(C=C(C#N)c3nc(C)cs3)o2)c1. The number of aryl methyl sites for hydroxylation is 3. The Morgan fingerprint density at radius 3 is 2.64 bits per heavy atom. The molecule has 0 amide bonds. The van der Waals surface area contributed by atoms with Crippen molar-refractivity contribution < 1.29 is 9.15 Å². The highest BCUT2D eigenvalue weighted by molar-refractivity contribution is 7.11. The summed E-state index contributed by atoms with van der Waals surface area (Å²) in [6, 6.07) is 12.0. The van der Waals surface area contributed by atoms with Crippen molar-refractivity contribution in [2.45, 2.75) is 27.4 Å². The molecule has 4 nitrogen and oxygen atoms in total. The van der Waals surface area contributed by atoms with E-state index in [1.54, 1.807) is 6.08 Å². The average molecular weight is 350 g/mol. The molecule has 25 heavy (non-hydrogen) atoms. The number of ether oxygens (including phenoxy) is 1. The van der Waals surface area contributed by atoms with Gasteiger partial charge in [-0.1, -0.05) is 6.07 Å². The van der Waals surface area contributed by atoms with E-state index in [0.29, 0.717) is 28.7 Å². The van der Waals surface area contributed by atoms with Crippen molar-refractivity contribution in [1.82, 2.24) is 4.98 Å². The van der Waals surface area contributed by atoms with Crippen LogP contribution in [0.15, 0.2) is 40.1 Å². The molecule has 0 radical (unpaired) electrons. The van der Waals surface area contributed by atoms with Gasteiger partial charge in [0.2, 0.25) is 0 Å². The molecule has 0 saturated heterocycles. The molecular weight excluding hydrogens is 332 g/mol. The fourth-order valence-electron chi connectivity index (χ4n) is 2.48. The zero-order valence-electron chi connectivity index (χ0n) is 14.4. The molecule has 0 N–H and O–H groups in total. The molecule has 0 bridgehead atoms. The molecule has 0 spiro atoms. The van der Waals surface area contributed by atoms with Gasteiger partial charge in [-0.3, -0.25) is 0 Å². The Labute approximate surface area is 151 Å². The number of benzene rings is 1. The molecule has 0 aliphatic heterocycles. The van der Waals surface area contributed by atoms with Crippen LogP contribution in [0.4, 0.5) is 0 Å². The molecular formula is C20H18N2O2S. The first-order chi connectivity index (χ1) is 12.0. The maximum Gasteiger partial charge on any atom is 0.146 e. The van der Waals surface area contributed by atoms with Gasteiger partial charge in [0.05, 0.1) is 5.57 Å². The van der Waals surface area contributed by atoms with Crippen molar-refractivity contribution in [3.63, 3.8) is 0 Å². The maximum absolute atomic E-state index is 9.34. The average Bonchev–Trinajstić information content (AvgIpc) is 3.18. The monoisotopic (exact) mass is 350 g/mol. The van der Waals surface area contributed by atoms with Crippen molar-refractivity contribution >= 4 is 23.0 Å². The summed E-state index contributed by atoms with van der Waals surface area (Å²) in [6.45, 7) is 6.33. The van der Waals surface area contributed by atoms with Crippen LogP contribution in [0.2, 0.25) is 0 Å². The Morgan fingerprint density at radius 1 is 1.24 bits per heavy atom. The van der Waals surface area contributed by atoms with Crippen LogP contribution in [-0.2, 0) is 6.61 Å². The van der Waals surface area contributed by atoms with E-state index in [4.69, 9.17) is 9.15 Å². The summed E-state index contributed by atoms with van der Waals surface area (Å²) in [5, 5.41) is 12.0. The molecule has 3 rings (SSSR count). The van der Waals surface area contributed by atoms with Crippen LogP contribution < -0.4 is 4.74 Å². The van der Waals surface area contributed by atoms with Crippen molar-refractivity contribution in [3.8, 4) is 11.8 Å². The number of rotatable bonds is 5. The lowest BCUT2D eigenvalue weighted by Crippen LogP contribution is -1.94. The summed E-state index contributed by atoms with van der Waals surface area (Å²) in [6.07, 6.45) is 1.71. The van der Waals surface area contributed by atoms with Crippen LogP contribution in [0.5, 0.6) is 5.75 Å². The normalized spacial score (nSPS) is 11.4. The highest BCUT2D eigenvalue weighted by atomic mass is 32.1. The van der Waals surface area contributed by atoms with Crippen molar-refractivity contribution in [3.05, 3.63) is 69.1 Å². The summed E-state index contributed by atoms with van der Waals surface area (Å²) >= 11 is 1.45. The van der Waals surface area contributed by atoms with Gasteiger partial charge in [-0.2, -0.15) is 5.26 Å². The fourth-order valence-corrected chi connectivity index (χ4v) is 3.25. The van der Waals surface area contributed by atoms with Gasteiger partial charge >= 0.3 is 0 Å². The number of nitrogens with zero attached hydrogens (tertiary/aromatic N) is 2. The summed E-state index contributed by atoms with van der Waals surface area (Å²) in [5.41, 5.74) is 3.73. The third-order valence-electron chi connectivity index (χ3n) is 3.52. The van der Waals surface area contributed by atoms with Crippen molar-refractivity contribution in [2.24, 2.45) is 0 Å². The first-order valence-electron chi connectivity index (χ1n) is 7.87. The molecule has 1 aromatic carbocycles. The molecule has 126 valence electrons. The van der Waals surface area contributed by atoms with Gasteiger partial charge in [-0.05, 0) is 56.2 Å². The van der Waals surface area contributed by atoms with E-state index in [9.17, 15) is 5.26 Å². The Kier molecular flexibility index (Phi) is 5.01. The van der Waals surface area contributed by atoms with Gasteiger partial charge in [0.25, 0.3) is 0 Å². The highest BCUT2D eigenvalue weighted by Gasteiger charge is 2.08. The van der Waals surface area contributed by atoms with Gasteiger partial charge in [-0.25, -0.2) is 4.98 Å². The number of allylic oxidation sites excluding steroid dienone is 1. The lowest BCUT2D eigenvalue weighted by atomic mass is 10.1. The molecule has 2 aromatic heterocycles. The summed E-state index contributed by atoms with van der Waals surface area (Å²) in [4.78, 5) is 4.34. The van der Waals surface area contributed by atoms with E-state index in [-0.39, 0.29) is 0 Å². The van der Waals surface area contributed by atoms with E-state index in [0.717, 1.165) is 22.6 Å². The van der Waals surface area contributed by atoms with Crippen molar-refractivity contribution in [1.29, 1.82) is 5.26 Å². The minimum absolute atomic E-state index is 0.342. The zero-order valence-corrected chi connectivity index (χ0v) is 15.2. The van der Waals surface area contributed by atoms with Crippen LogP contribution in [0.25, 0.3) is 11.6 Å². The second kappa shape index (κ2) is 7.37. The van der Waals surface area contributed by atoms with Crippen LogP contribution in [0.1, 0.15) is 33.3 Å². The molecule has 0 aliphatic carbocycles. The van der Waals surface area contributed by atoms with Crippen LogP contribution >= 0.6 is 11.3 Å². The molecule has 0 fully saturated rings. The molecule has 0 unspecified atom stereocenters. The Hall–Kier alpha value is -2.84. The van der Waals surface area contributed by atoms with E-state index >= 15 is 0 Å². The number of hydrogen-bond donors (Lipinski definition) is 0. The number of furan rings is 1. The van der Waals surface area contributed by atoms with Crippen LogP contribution in [-0.4, -0.2) is 4.98 Å². The second-order valence-corrected chi connectivity index (χ2v) is 6.74. The molecule has 0 atom stereocenters. The van der Waals surface area contributed by atoms with Gasteiger partial charge in [0.1, 0.15) is 35.0 Å². The quantitative estimate of drug-likeness (QED) is 0.586. The standard InChI is InChI=1S/C20H18N2O2S/c1-13-6-14(2)8-19(7-13)23-11-18-5-4-17(24-18)9-16(10-21)20-22-15(3)12-25-20/h4-9,12H,11H2,1-3H3. The lowest BCUT2D eigenvalue weighted by Gasteiger charge is -2.06. The summed E-state index contributed by atoms with van der Waals surface area (Å²) in [7, 11) is 0. The van der Waals surface area contributed by atoms with Gasteiger partial charge in [0, 0.05) is 17.2 Å². The van der Waals surface area contributed by atoms with E-state index in [1.165, 1.54) is 11.3 Å². The molecule has 5 heteroatoms. The number of nitriles is 1.